The molecule has 1 saturated carbocycles. The zero-order valence-corrected chi connectivity index (χ0v) is 20.3. The second-order valence-corrected chi connectivity index (χ2v) is 8.94. The summed E-state index contributed by atoms with van der Waals surface area (Å²) in [5.41, 5.74) is 3.34. The van der Waals surface area contributed by atoms with E-state index in [1.54, 1.807) is 0 Å². The number of carbonyl (C=O) groups is 1. The smallest absolute Gasteiger partial charge is 0.254 e. The van der Waals surface area contributed by atoms with E-state index in [4.69, 9.17) is 4.98 Å². The van der Waals surface area contributed by atoms with Gasteiger partial charge in [-0.15, -0.1) is 24.8 Å². The van der Waals surface area contributed by atoms with Crippen molar-refractivity contribution in [2.75, 3.05) is 19.6 Å². The van der Waals surface area contributed by atoms with Gasteiger partial charge in [0.15, 0.2) is 5.82 Å². The minimum Gasteiger partial charge on any atom is -0.327 e. The molecule has 1 amide bonds. The van der Waals surface area contributed by atoms with Crippen molar-refractivity contribution in [3.63, 3.8) is 0 Å². The fourth-order valence-electron chi connectivity index (χ4n) is 4.88. The van der Waals surface area contributed by atoms with Gasteiger partial charge in [0.05, 0.1) is 12.6 Å². The summed E-state index contributed by atoms with van der Waals surface area (Å²) in [4.78, 5) is 20.2. The van der Waals surface area contributed by atoms with Crippen LogP contribution in [0.4, 0.5) is 0 Å². The van der Waals surface area contributed by atoms with Crippen LogP contribution in [-0.4, -0.2) is 45.2 Å². The molecule has 0 bridgehead atoms. The number of hydrogen-bond donors (Lipinski definition) is 1. The highest BCUT2D eigenvalue weighted by Crippen LogP contribution is 2.39. The van der Waals surface area contributed by atoms with Crippen LogP contribution in [0.15, 0.2) is 42.5 Å². The number of hydrogen-bond acceptors (Lipinski definition) is 4. The lowest BCUT2D eigenvalue weighted by molar-refractivity contribution is 0.0631. The monoisotopic (exact) mass is 485 g/mol. The van der Waals surface area contributed by atoms with Gasteiger partial charge >= 0.3 is 0 Å². The lowest BCUT2D eigenvalue weighted by Gasteiger charge is -2.33. The molecule has 33 heavy (non-hydrogen) atoms. The Morgan fingerprint density at radius 1 is 1.12 bits per heavy atom. The number of rotatable bonds is 3. The first-order valence-corrected chi connectivity index (χ1v) is 11.4. The normalized spacial score (nSPS) is 19.8. The number of nitrogens with one attached hydrogen (secondary N) is 1. The summed E-state index contributed by atoms with van der Waals surface area (Å²) in [5.74, 6) is 2.47. The Bertz CT molecular complexity index is 1220. The summed E-state index contributed by atoms with van der Waals surface area (Å²) >= 11 is 0. The first-order valence-electron chi connectivity index (χ1n) is 11.4. The summed E-state index contributed by atoms with van der Waals surface area (Å²) in [6, 6.07) is 12.4. The number of nitrogens with zero attached hydrogens (tertiary/aromatic N) is 4. The standard InChI is InChI=1S/C25H27N5O.2ClH/c1-16-24-27-23(17-7-8-17)28-30(24)13-12-29(16)25(31)19-9-10-22-18(14-19)4-2-6-21(22)20-5-3-11-26-15-20;;/h2,4-6,9-10,14,16-17,26H,3,7-8,11-13,15H2,1H3;2*1H/t16-;;/m1../s1. The third-order valence-corrected chi connectivity index (χ3v) is 6.81. The zero-order chi connectivity index (χ0) is 20.9. The first-order chi connectivity index (χ1) is 15.2. The molecule has 174 valence electrons. The minimum absolute atomic E-state index is 0. The third kappa shape index (κ3) is 4.27. The average molecular weight is 486 g/mol. The van der Waals surface area contributed by atoms with Crippen molar-refractivity contribution in [2.24, 2.45) is 0 Å². The van der Waals surface area contributed by atoms with E-state index in [-0.39, 0.29) is 36.8 Å². The van der Waals surface area contributed by atoms with E-state index in [1.807, 2.05) is 21.7 Å². The minimum atomic E-state index is -0.0678. The van der Waals surface area contributed by atoms with Crippen LogP contribution in [0.3, 0.4) is 0 Å². The quantitative estimate of drug-likeness (QED) is 0.581. The highest BCUT2D eigenvalue weighted by atomic mass is 35.5. The number of carbonyl (C=O) groups excluding carboxylic acids is 1. The van der Waals surface area contributed by atoms with Crippen LogP contribution in [0, 0.1) is 0 Å². The lowest BCUT2D eigenvalue weighted by Crippen LogP contribution is -2.41. The Balaban J connectivity index is 0.00000130. The molecule has 8 heteroatoms. The van der Waals surface area contributed by atoms with Crippen molar-refractivity contribution in [3.05, 3.63) is 65.2 Å². The Labute approximate surface area is 206 Å². The molecule has 1 aliphatic carbocycles. The Hall–Kier alpha value is -2.41. The predicted octanol–water partition coefficient (Wildman–Crippen LogP) is 4.75. The molecule has 1 N–H and O–H groups in total. The maximum atomic E-state index is 13.5. The second-order valence-electron chi connectivity index (χ2n) is 8.94. The van der Waals surface area contributed by atoms with E-state index in [0.29, 0.717) is 19.0 Å². The lowest BCUT2D eigenvalue weighted by atomic mass is 9.95. The topological polar surface area (TPSA) is 63.1 Å². The van der Waals surface area contributed by atoms with E-state index in [0.717, 1.165) is 42.1 Å². The van der Waals surface area contributed by atoms with E-state index < -0.39 is 0 Å². The van der Waals surface area contributed by atoms with Gasteiger partial charge in [-0.1, -0.05) is 30.3 Å². The highest BCUT2D eigenvalue weighted by molar-refractivity contribution is 6.01. The summed E-state index contributed by atoms with van der Waals surface area (Å²) in [5, 5.41) is 10.4. The van der Waals surface area contributed by atoms with Gasteiger partial charge in [-0.2, -0.15) is 5.10 Å². The van der Waals surface area contributed by atoms with Gasteiger partial charge < -0.3 is 10.2 Å². The molecule has 0 spiro atoms. The number of aromatic nitrogens is 3. The molecule has 0 unspecified atom stereocenters. The predicted molar refractivity (Wildman–Crippen MR) is 135 cm³/mol. The van der Waals surface area contributed by atoms with E-state index in [9.17, 15) is 4.79 Å². The molecule has 2 aliphatic heterocycles. The number of fused-ring (bicyclic) bond motifs is 2. The summed E-state index contributed by atoms with van der Waals surface area (Å²) in [6.45, 7) is 5.38. The van der Waals surface area contributed by atoms with Crippen LogP contribution in [0.2, 0.25) is 0 Å². The van der Waals surface area contributed by atoms with Gasteiger partial charge in [-0.3, -0.25) is 4.79 Å². The van der Waals surface area contributed by atoms with Crippen molar-refractivity contribution in [1.82, 2.24) is 25.0 Å². The molecule has 6 rings (SSSR count). The van der Waals surface area contributed by atoms with Crippen molar-refractivity contribution >= 4 is 47.1 Å². The largest absolute Gasteiger partial charge is 0.327 e. The Kier molecular flexibility index (Phi) is 6.80. The zero-order valence-electron chi connectivity index (χ0n) is 18.7. The van der Waals surface area contributed by atoms with Crippen molar-refractivity contribution in [2.45, 2.75) is 44.7 Å². The maximum absolute atomic E-state index is 13.5. The van der Waals surface area contributed by atoms with Crippen LogP contribution in [-0.2, 0) is 6.54 Å². The van der Waals surface area contributed by atoms with Gasteiger partial charge in [-0.05, 0) is 66.8 Å². The van der Waals surface area contributed by atoms with Gasteiger partial charge in [0.1, 0.15) is 5.82 Å². The molecule has 0 saturated heterocycles. The molecular formula is C25H29Cl2N5O. The van der Waals surface area contributed by atoms with Crippen molar-refractivity contribution in [3.8, 4) is 0 Å². The van der Waals surface area contributed by atoms with Crippen LogP contribution >= 0.6 is 24.8 Å². The maximum Gasteiger partial charge on any atom is 0.254 e. The van der Waals surface area contributed by atoms with E-state index in [2.05, 4.69) is 47.7 Å². The molecule has 6 nitrogen and oxygen atoms in total. The molecule has 3 aliphatic rings. The average Bonchev–Trinajstić information content (AvgIpc) is 3.57. The molecule has 0 radical (unpaired) electrons. The Morgan fingerprint density at radius 3 is 2.73 bits per heavy atom. The highest BCUT2D eigenvalue weighted by Gasteiger charge is 2.35. The van der Waals surface area contributed by atoms with Crippen LogP contribution in [0.1, 0.15) is 65.7 Å². The van der Waals surface area contributed by atoms with Crippen LogP contribution in [0.5, 0.6) is 0 Å². The van der Waals surface area contributed by atoms with E-state index >= 15 is 0 Å². The number of benzene rings is 2. The fraction of sp³-hybridized carbons (Fsp3) is 0.400. The molecule has 1 aromatic heterocycles. The molecule has 3 heterocycles. The molecular weight excluding hydrogens is 457 g/mol. The van der Waals surface area contributed by atoms with Crippen molar-refractivity contribution < 1.29 is 4.79 Å². The third-order valence-electron chi connectivity index (χ3n) is 6.81. The molecule has 1 fully saturated rings. The van der Waals surface area contributed by atoms with Crippen LogP contribution < -0.4 is 5.32 Å². The fourth-order valence-corrected chi connectivity index (χ4v) is 4.88. The SMILES string of the molecule is C[C@@H]1c2nc(C3CC3)nn2CCN1C(=O)c1ccc2c(C3=CCCNC3)cccc2c1.Cl.Cl. The van der Waals surface area contributed by atoms with Gasteiger partial charge in [0.25, 0.3) is 5.91 Å². The first kappa shape index (κ1) is 23.7. The van der Waals surface area contributed by atoms with Gasteiger partial charge in [0, 0.05) is 24.6 Å². The molecule has 1 atom stereocenters. The van der Waals surface area contributed by atoms with Crippen LogP contribution in [0.25, 0.3) is 16.3 Å². The Morgan fingerprint density at radius 2 is 1.97 bits per heavy atom. The van der Waals surface area contributed by atoms with Crippen molar-refractivity contribution in [1.29, 1.82) is 0 Å². The van der Waals surface area contributed by atoms with Gasteiger partial charge in [0.2, 0.25) is 0 Å². The molecule has 3 aromatic rings. The number of halogens is 2. The summed E-state index contributed by atoms with van der Waals surface area (Å²) in [6.07, 6.45) is 5.76. The summed E-state index contributed by atoms with van der Waals surface area (Å²) in [7, 11) is 0. The summed E-state index contributed by atoms with van der Waals surface area (Å²) < 4.78 is 2.00. The van der Waals surface area contributed by atoms with Gasteiger partial charge in [-0.25, -0.2) is 9.67 Å². The number of amides is 1. The van der Waals surface area contributed by atoms with E-state index in [1.165, 1.54) is 29.4 Å². The second kappa shape index (κ2) is 9.45. The molecule has 2 aromatic carbocycles.